The molecule has 0 saturated carbocycles. The predicted molar refractivity (Wildman–Crippen MR) is 20.8 cm³/mol. The van der Waals surface area contributed by atoms with Gasteiger partial charge < -0.3 is 5.73 Å². The molecule has 0 radical (unpaired) electrons. The monoisotopic (exact) mass is 65.0 g/mol. The summed E-state index contributed by atoms with van der Waals surface area (Å²) in [5, 5.41) is 0. The van der Waals surface area contributed by atoms with Crippen LogP contribution >= 0.6 is 0 Å². The summed E-state index contributed by atoms with van der Waals surface area (Å²) >= 11 is 0. The first-order chi connectivity index (χ1) is 2.41. The minimum atomic E-state index is 2.03. The van der Waals surface area contributed by atoms with Gasteiger partial charge in [0.05, 0.1) is 0 Å². The smallest absolute Gasteiger partial charge is 0.0159 e. The van der Waals surface area contributed by atoms with E-state index < -0.39 is 0 Å². The summed E-state index contributed by atoms with van der Waals surface area (Å²) in [5.74, 6) is 4.20. The summed E-state index contributed by atoms with van der Waals surface area (Å²) in [5.41, 5.74) is 4.64. The molecule has 0 spiro atoms. The van der Waals surface area contributed by atoms with Crippen LogP contribution in [0.3, 0.4) is 0 Å². The molecule has 0 saturated heterocycles. The van der Waals surface area contributed by atoms with Crippen molar-refractivity contribution in [2.24, 2.45) is 5.73 Å². The lowest BCUT2D eigenvalue weighted by Gasteiger charge is -1.45. The number of hydrogen-bond donors (Lipinski definition) is 1. The van der Waals surface area contributed by atoms with Crippen LogP contribution < -0.4 is 5.73 Å². The molecule has 0 aliphatic rings. The van der Waals surface area contributed by atoms with Gasteiger partial charge in [-0.2, -0.15) is 0 Å². The Labute approximate surface area is 31.2 Å². The Morgan fingerprint density at radius 2 is 2.20 bits per heavy atom. The Kier molecular flexibility index (Phi) is 2.29. The highest BCUT2D eigenvalue weighted by Crippen LogP contribution is 1.32. The quantitative estimate of drug-likeness (QED) is 0.300. The Balaban J connectivity index is 3.30. The molecule has 0 aliphatic carbocycles. The van der Waals surface area contributed by atoms with Gasteiger partial charge in [0.15, 0.2) is 0 Å². The second-order valence-corrected chi connectivity index (χ2v) is 0.414. The predicted octanol–water partition coefficient (Wildman–Crippen LogP) is -0.461. The normalized spacial score (nSPS) is 3.00. The fourth-order valence-corrected chi connectivity index (χ4v) is 0.0417. The first kappa shape index (κ1) is 3.92. The summed E-state index contributed by atoms with van der Waals surface area (Å²) in [6, 6.07) is 2.03. The van der Waals surface area contributed by atoms with Crippen molar-refractivity contribution in [3.05, 3.63) is 0 Å². The minimum absolute atomic E-state index is 2.03. The molecule has 0 amide bonds. The van der Waals surface area contributed by atoms with E-state index in [1.165, 1.54) is 0 Å². The van der Waals surface area contributed by atoms with Crippen molar-refractivity contribution in [1.29, 1.82) is 0 Å². The van der Waals surface area contributed by atoms with Crippen LogP contribution in [0.2, 0.25) is 0 Å². The van der Waals surface area contributed by atoms with Crippen LogP contribution in [-0.4, -0.2) is 0 Å². The average molecular weight is 65.1 g/mol. The standard InChI is InChI=1S/C4H3N/c1-2-3-4-5/h1H,5H2. The van der Waals surface area contributed by atoms with Crippen molar-refractivity contribution in [2.75, 3.05) is 0 Å². The molecule has 0 atom stereocenters. The topological polar surface area (TPSA) is 26.0 Å². The van der Waals surface area contributed by atoms with Gasteiger partial charge in [-0.15, -0.1) is 6.42 Å². The van der Waals surface area contributed by atoms with Crippen molar-refractivity contribution in [3.63, 3.8) is 0 Å². The van der Waals surface area contributed by atoms with Crippen LogP contribution in [0.25, 0.3) is 0 Å². The first-order valence-electron chi connectivity index (χ1n) is 1.08. The van der Waals surface area contributed by atoms with Gasteiger partial charge in [-0.25, -0.2) is 0 Å². The van der Waals surface area contributed by atoms with Gasteiger partial charge in [0.25, 0.3) is 0 Å². The van der Waals surface area contributed by atoms with E-state index in [4.69, 9.17) is 0 Å². The molecule has 5 heavy (non-hydrogen) atoms. The molecule has 0 aromatic carbocycles. The van der Waals surface area contributed by atoms with Crippen molar-refractivity contribution < 1.29 is 0 Å². The van der Waals surface area contributed by atoms with Crippen LogP contribution in [0.4, 0.5) is 0 Å². The molecule has 0 rings (SSSR count). The molecule has 0 aromatic rings. The van der Waals surface area contributed by atoms with Gasteiger partial charge >= 0.3 is 0 Å². The Morgan fingerprint density at radius 1 is 1.60 bits per heavy atom. The molecule has 24 valence electrons. The van der Waals surface area contributed by atoms with E-state index in [1.54, 1.807) is 0 Å². The van der Waals surface area contributed by atoms with E-state index in [-0.39, 0.29) is 0 Å². The van der Waals surface area contributed by atoms with Crippen molar-refractivity contribution in [3.8, 4) is 24.3 Å². The Bertz CT molecular complexity index is 97.0. The fraction of sp³-hybridized carbons (Fsp3) is 0. The van der Waals surface area contributed by atoms with Gasteiger partial charge in [-0.1, -0.05) is 0 Å². The van der Waals surface area contributed by atoms with Crippen molar-refractivity contribution >= 4 is 0 Å². The molecule has 0 aromatic heterocycles. The maximum absolute atomic E-state index is 4.64. The zero-order valence-corrected chi connectivity index (χ0v) is 2.65. The van der Waals surface area contributed by atoms with Gasteiger partial charge in [0.1, 0.15) is 0 Å². The second-order valence-electron chi connectivity index (χ2n) is 0.414. The van der Waals surface area contributed by atoms with E-state index in [0.29, 0.717) is 0 Å². The molecular formula is C4H3N. The minimum Gasteiger partial charge on any atom is -0.359 e. The Hall–Kier alpha value is -1.08. The largest absolute Gasteiger partial charge is 0.359 e. The molecular weight excluding hydrogens is 62.1 g/mol. The van der Waals surface area contributed by atoms with Gasteiger partial charge in [0, 0.05) is 12.0 Å². The van der Waals surface area contributed by atoms with Crippen LogP contribution in [0, 0.1) is 24.3 Å². The number of hydrogen-bond acceptors (Lipinski definition) is 1. The molecule has 2 N–H and O–H groups in total. The highest BCUT2D eigenvalue weighted by Gasteiger charge is 1.34. The molecule has 0 aliphatic heterocycles. The highest BCUT2D eigenvalue weighted by atomic mass is 14.4. The summed E-state index contributed by atoms with van der Waals surface area (Å²) in [4.78, 5) is 0. The summed E-state index contributed by atoms with van der Waals surface area (Å²) in [7, 11) is 0. The molecule has 0 fully saturated rings. The SMILES string of the molecule is C#CC#CN. The number of rotatable bonds is 0. The van der Waals surface area contributed by atoms with E-state index >= 15 is 0 Å². The van der Waals surface area contributed by atoms with Crippen molar-refractivity contribution in [1.82, 2.24) is 0 Å². The zero-order chi connectivity index (χ0) is 4.12. The van der Waals surface area contributed by atoms with Crippen LogP contribution in [0.1, 0.15) is 0 Å². The van der Waals surface area contributed by atoms with Gasteiger partial charge in [-0.3, -0.25) is 0 Å². The third kappa shape index (κ3) is 2.92. The summed E-state index contributed by atoms with van der Waals surface area (Å²) in [6.07, 6.45) is 4.64. The Morgan fingerprint density at radius 3 is 2.20 bits per heavy atom. The fourth-order valence-electron chi connectivity index (χ4n) is 0.0417. The third-order valence-corrected chi connectivity index (χ3v) is 0.144. The average Bonchev–Trinajstić information content (AvgIpc) is 1.41. The van der Waals surface area contributed by atoms with Crippen LogP contribution in [0.15, 0.2) is 0 Å². The zero-order valence-electron chi connectivity index (χ0n) is 2.65. The summed E-state index contributed by atoms with van der Waals surface area (Å²) < 4.78 is 0. The number of nitrogens with two attached hydrogens (primary N) is 1. The lowest BCUT2D eigenvalue weighted by atomic mass is 10.7. The number of terminal acetylenes is 1. The van der Waals surface area contributed by atoms with E-state index in [9.17, 15) is 0 Å². The molecule has 1 nitrogen and oxygen atoms in total. The maximum Gasteiger partial charge on any atom is 0.0159 e. The van der Waals surface area contributed by atoms with Crippen LogP contribution in [-0.2, 0) is 0 Å². The third-order valence-electron chi connectivity index (χ3n) is 0.144. The summed E-state index contributed by atoms with van der Waals surface area (Å²) in [6.45, 7) is 0. The van der Waals surface area contributed by atoms with Gasteiger partial charge in [-0.05, 0) is 5.92 Å². The molecule has 0 bridgehead atoms. The first-order valence-corrected chi connectivity index (χ1v) is 1.08. The lowest BCUT2D eigenvalue weighted by Crippen LogP contribution is -1.72. The van der Waals surface area contributed by atoms with Gasteiger partial charge in [0.2, 0.25) is 0 Å². The van der Waals surface area contributed by atoms with Crippen LogP contribution in [0.5, 0.6) is 0 Å². The second kappa shape index (κ2) is 2.92. The van der Waals surface area contributed by atoms with E-state index in [1.807, 2.05) is 12.0 Å². The molecule has 1 heteroatoms. The lowest BCUT2D eigenvalue weighted by molar-refractivity contribution is 1.75. The highest BCUT2D eigenvalue weighted by molar-refractivity contribution is 5.19. The molecule has 0 heterocycles. The van der Waals surface area contributed by atoms with E-state index in [2.05, 4.69) is 18.1 Å². The van der Waals surface area contributed by atoms with E-state index in [0.717, 1.165) is 0 Å². The maximum atomic E-state index is 4.64. The molecule has 0 unspecified atom stereocenters. The van der Waals surface area contributed by atoms with Crippen molar-refractivity contribution in [2.45, 2.75) is 0 Å².